The van der Waals surface area contributed by atoms with Crippen LogP contribution in [0, 0.1) is 0 Å². The Bertz CT molecular complexity index is 754. The Morgan fingerprint density at radius 1 is 1.00 bits per heavy atom. The smallest absolute Gasteiger partial charge is 0.333 e. The van der Waals surface area contributed by atoms with Crippen molar-refractivity contribution in [2.45, 2.75) is 0 Å². The quantitative estimate of drug-likeness (QED) is 0.699. The molecule has 2 aromatic rings. The summed E-state index contributed by atoms with van der Waals surface area (Å²) >= 11 is 0. The molecule has 0 aromatic heterocycles. The van der Waals surface area contributed by atoms with Crippen LogP contribution in [0.3, 0.4) is 0 Å². The second kappa shape index (κ2) is 5.73. The SMILES string of the molecule is COc1ccccc1/C=C1\NC(=O)N(c2ccccc2)C1=O. The molecular formula is C17H14N2O3. The number of nitrogens with zero attached hydrogens (tertiary/aromatic N) is 1. The van der Waals surface area contributed by atoms with Gasteiger partial charge in [-0.05, 0) is 24.3 Å². The fraction of sp³-hybridized carbons (Fsp3) is 0.0588. The highest BCUT2D eigenvalue weighted by Gasteiger charge is 2.34. The first-order chi connectivity index (χ1) is 10.7. The van der Waals surface area contributed by atoms with Gasteiger partial charge in [0.05, 0.1) is 12.8 Å². The van der Waals surface area contributed by atoms with Gasteiger partial charge in [0, 0.05) is 5.56 Å². The minimum Gasteiger partial charge on any atom is -0.496 e. The van der Waals surface area contributed by atoms with Crippen LogP contribution in [-0.2, 0) is 4.79 Å². The molecule has 3 rings (SSSR count). The van der Waals surface area contributed by atoms with E-state index in [1.165, 1.54) is 0 Å². The number of para-hydroxylation sites is 2. The van der Waals surface area contributed by atoms with Crippen LogP contribution < -0.4 is 15.0 Å². The summed E-state index contributed by atoms with van der Waals surface area (Å²) < 4.78 is 5.25. The van der Waals surface area contributed by atoms with E-state index < -0.39 is 6.03 Å². The summed E-state index contributed by atoms with van der Waals surface area (Å²) in [5.74, 6) is 0.248. The molecule has 2 aromatic carbocycles. The number of rotatable bonds is 3. The number of benzene rings is 2. The van der Waals surface area contributed by atoms with E-state index in [9.17, 15) is 9.59 Å². The van der Waals surface area contributed by atoms with E-state index in [-0.39, 0.29) is 11.6 Å². The molecule has 1 saturated heterocycles. The van der Waals surface area contributed by atoms with Gasteiger partial charge in [0.25, 0.3) is 5.91 Å². The van der Waals surface area contributed by atoms with Crippen LogP contribution in [0.4, 0.5) is 10.5 Å². The van der Waals surface area contributed by atoms with E-state index in [0.717, 1.165) is 10.5 Å². The number of nitrogens with one attached hydrogen (secondary N) is 1. The second-order valence-electron chi connectivity index (χ2n) is 4.71. The molecule has 1 fully saturated rings. The van der Waals surface area contributed by atoms with Crippen molar-refractivity contribution >= 4 is 23.7 Å². The highest BCUT2D eigenvalue weighted by atomic mass is 16.5. The van der Waals surface area contributed by atoms with Crippen LogP contribution in [0.2, 0.25) is 0 Å². The Hall–Kier alpha value is -3.08. The Morgan fingerprint density at radius 3 is 2.41 bits per heavy atom. The number of hydrogen-bond acceptors (Lipinski definition) is 3. The topological polar surface area (TPSA) is 58.6 Å². The number of hydrogen-bond donors (Lipinski definition) is 1. The first-order valence-electron chi connectivity index (χ1n) is 6.76. The fourth-order valence-corrected chi connectivity index (χ4v) is 2.29. The zero-order valence-electron chi connectivity index (χ0n) is 11.9. The summed E-state index contributed by atoms with van der Waals surface area (Å²) in [4.78, 5) is 25.6. The fourth-order valence-electron chi connectivity index (χ4n) is 2.29. The van der Waals surface area contributed by atoms with E-state index >= 15 is 0 Å². The van der Waals surface area contributed by atoms with Crippen molar-refractivity contribution in [3.05, 3.63) is 65.9 Å². The maximum absolute atomic E-state index is 12.5. The molecule has 0 bridgehead atoms. The van der Waals surface area contributed by atoms with E-state index in [1.54, 1.807) is 43.5 Å². The molecule has 110 valence electrons. The van der Waals surface area contributed by atoms with E-state index in [0.29, 0.717) is 11.4 Å². The molecule has 1 heterocycles. The zero-order chi connectivity index (χ0) is 15.5. The predicted molar refractivity (Wildman–Crippen MR) is 83.4 cm³/mol. The molecule has 1 aliphatic rings. The second-order valence-corrected chi connectivity index (χ2v) is 4.71. The summed E-state index contributed by atoms with van der Waals surface area (Å²) in [6, 6.07) is 15.6. The summed E-state index contributed by atoms with van der Waals surface area (Å²) in [7, 11) is 1.56. The predicted octanol–water partition coefficient (Wildman–Crippen LogP) is 2.79. The van der Waals surface area contributed by atoms with Crippen LogP contribution in [0.25, 0.3) is 6.08 Å². The van der Waals surface area contributed by atoms with Crippen molar-refractivity contribution in [3.8, 4) is 5.75 Å². The molecule has 0 aliphatic carbocycles. The van der Waals surface area contributed by atoms with Crippen molar-refractivity contribution in [1.29, 1.82) is 0 Å². The van der Waals surface area contributed by atoms with Crippen LogP contribution in [0.5, 0.6) is 5.75 Å². The van der Waals surface area contributed by atoms with Gasteiger partial charge in [-0.25, -0.2) is 9.69 Å². The highest BCUT2D eigenvalue weighted by Crippen LogP contribution is 2.24. The molecule has 0 saturated carbocycles. The Morgan fingerprint density at radius 2 is 1.68 bits per heavy atom. The van der Waals surface area contributed by atoms with Crippen LogP contribution in [0.1, 0.15) is 5.56 Å². The van der Waals surface area contributed by atoms with Crippen molar-refractivity contribution in [3.63, 3.8) is 0 Å². The van der Waals surface area contributed by atoms with Crippen molar-refractivity contribution in [2.75, 3.05) is 12.0 Å². The van der Waals surface area contributed by atoms with Crippen molar-refractivity contribution < 1.29 is 14.3 Å². The lowest BCUT2D eigenvalue weighted by atomic mass is 10.1. The van der Waals surface area contributed by atoms with E-state index in [1.807, 2.05) is 24.3 Å². The summed E-state index contributed by atoms with van der Waals surface area (Å²) in [5.41, 5.74) is 1.48. The number of imide groups is 1. The van der Waals surface area contributed by atoms with Gasteiger partial charge >= 0.3 is 6.03 Å². The van der Waals surface area contributed by atoms with Gasteiger partial charge in [-0.2, -0.15) is 0 Å². The standard InChI is InChI=1S/C17H14N2O3/c1-22-15-10-6-5-7-12(15)11-14-16(20)19(17(21)18-14)13-8-3-2-4-9-13/h2-11H,1H3,(H,18,21)/b14-11-. The minimum absolute atomic E-state index is 0.221. The Kier molecular flexibility index (Phi) is 3.62. The maximum Gasteiger partial charge on any atom is 0.333 e. The lowest BCUT2D eigenvalue weighted by molar-refractivity contribution is -0.113. The molecule has 0 atom stereocenters. The molecule has 3 amide bonds. The van der Waals surface area contributed by atoms with Gasteiger partial charge in [-0.1, -0.05) is 36.4 Å². The first kappa shape index (κ1) is 13.9. The number of carbonyl (C=O) groups is 2. The normalized spacial score (nSPS) is 16.0. The molecule has 22 heavy (non-hydrogen) atoms. The summed E-state index contributed by atoms with van der Waals surface area (Å²) in [6.45, 7) is 0. The number of carbonyl (C=O) groups excluding carboxylic acids is 2. The molecule has 0 spiro atoms. The Labute approximate surface area is 127 Å². The van der Waals surface area contributed by atoms with Gasteiger partial charge in [-0.3, -0.25) is 4.79 Å². The molecule has 1 aliphatic heterocycles. The van der Waals surface area contributed by atoms with Gasteiger partial charge in [0.2, 0.25) is 0 Å². The van der Waals surface area contributed by atoms with Crippen molar-refractivity contribution in [2.24, 2.45) is 0 Å². The maximum atomic E-state index is 12.5. The lowest BCUT2D eigenvalue weighted by Gasteiger charge is -2.10. The zero-order valence-corrected chi connectivity index (χ0v) is 11.9. The van der Waals surface area contributed by atoms with Crippen LogP contribution >= 0.6 is 0 Å². The number of amides is 3. The van der Waals surface area contributed by atoms with Gasteiger partial charge in [0.1, 0.15) is 11.4 Å². The third kappa shape index (κ3) is 2.44. The third-order valence-electron chi connectivity index (χ3n) is 3.33. The lowest BCUT2D eigenvalue weighted by Crippen LogP contribution is -2.30. The molecular weight excluding hydrogens is 280 g/mol. The average Bonchev–Trinajstić information content (AvgIpc) is 2.83. The molecule has 0 unspecified atom stereocenters. The van der Waals surface area contributed by atoms with Gasteiger partial charge < -0.3 is 10.1 Å². The largest absolute Gasteiger partial charge is 0.496 e. The first-order valence-corrected chi connectivity index (χ1v) is 6.76. The summed E-state index contributed by atoms with van der Waals surface area (Å²) in [6.07, 6.45) is 1.61. The van der Waals surface area contributed by atoms with Crippen LogP contribution in [-0.4, -0.2) is 19.0 Å². The molecule has 0 radical (unpaired) electrons. The number of ether oxygens (including phenoxy) is 1. The molecule has 5 nitrogen and oxygen atoms in total. The number of anilines is 1. The number of methoxy groups -OCH3 is 1. The van der Waals surface area contributed by atoms with Crippen LogP contribution in [0.15, 0.2) is 60.3 Å². The molecule has 5 heteroatoms. The third-order valence-corrected chi connectivity index (χ3v) is 3.33. The highest BCUT2D eigenvalue weighted by molar-refractivity contribution is 6.28. The number of urea groups is 1. The van der Waals surface area contributed by atoms with Gasteiger partial charge in [-0.15, -0.1) is 0 Å². The van der Waals surface area contributed by atoms with E-state index in [4.69, 9.17) is 4.74 Å². The minimum atomic E-state index is -0.461. The monoisotopic (exact) mass is 294 g/mol. The molecule has 1 N–H and O–H groups in total. The van der Waals surface area contributed by atoms with Gasteiger partial charge in [0.15, 0.2) is 0 Å². The average molecular weight is 294 g/mol. The van der Waals surface area contributed by atoms with E-state index in [2.05, 4.69) is 5.32 Å². The summed E-state index contributed by atoms with van der Waals surface area (Å²) in [5, 5.41) is 2.60. The van der Waals surface area contributed by atoms with Crippen molar-refractivity contribution in [1.82, 2.24) is 5.32 Å². The Balaban J connectivity index is 1.96.